The first-order valence-electron chi connectivity index (χ1n) is 4.50. The Bertz CT molecular complexity index is 594. The fourth-order valence-electron chi connectivity index (χ4n) is 1.55. The highest BCUT2D eigenvalue weighted by atomic mass is 79.9. The SMILES string of the molecule is Brc1ccc(-c2csc3cncn23)cc1. The molecule has 15 heavy (non-hydrogen) atoms. The molecule has 0 saturated heterocycles. The average molecular weight is 279 g/mol. The minimum absolute atomic E-state index is 1.10. The predicted molar refractivity (Wildman–Crippen MR) is 66.2 cm³/mol. The summed E-state index contributed by atoms with van der Waals surface area (Å²) in [6.07, 6.45) is 3.73. The maximum atomic E-state index is 4.13. The molecule has 0 saturated carbocycles. The molecule has 3 rings (SSSR count). The van der Waals surface area contributed by atoms with E-state index in [1.807, 2.05) is 12.5 Å². The largest absolute Gasteiger partial charge is 0.289 e. The van der Waals surface area contributed by atoms with E-state index in [0.717, 1.165) is 4.47 Å². The van der Waals surface area contributed by atoms with E-state index in [-0.39, 0.29) is 0 Å². The molecule has 74 valence electrons. The topological polar surface area (TPSA) is 17.3 Å². The highest BCUT2D eigenvalue weighted by Gasteiger charge is 2.05. The number of benzene rings is 1. The van der Waals surface area contributed by atoms with Gasteiger partial charge in [-0.15, -0.1) is 11.3 Å². The second-order valence-corrected chi connectivity index (χ2v) is 5.04. The van der Waals surface area contributed by atoms with Crippen molar-refractivity contribution in [1.82, 2.24) is 9.38 Å². The van der Waals surface area contributed by atoms with Gasteiger partial charge in [0.05, 0.1) is 11.9 Å². The molecule has 0 unspecified atom stereocenters. The van der Waals surface area contributed by atoms with Gasteiger partial charge in [-0.2, -0.15) is 0 Å². The molecule has 0 N–H and O–H groups in total. The van der Waals surface area contributed by atoms with Crippen LogP contribution in [0.3, 0.4) is 0 Å². The molecule has 2 nitrogen and oxygen atoms in total. The minimum Gasteiger partial charge on any atom is -0.289 e. The molecule has 0 amide bonds. The molecule has 2 heterocycles. The first kappa shape index (κ1) is 9.12. The van der Waals surface area contributed by atoms with Gasteiger partial charge in [0.2, 0.25) is 0 Å². The van der Waals surface area contributed by atoms with Crippen molar-refractivity contribution in [3.05, 3.63) is 46.6 Å². The quantitative estimate of drug-likeness (QED) is 0.661. The van der Waals surface area contributed by atoms with Gasteiger partial charge in [0, 0.05) is 9.85 Å². The maximum absolute atomic E-state index is 4.13. The van der Waals surface area contributed by atoms with Crippen LogP contribution in [0.5, 0.6) is 0 Å². The maximum Gasteiger partial charge on any atom is 0.119 e. The number of aromatic nitrogens is 2. The van der Waals surface area contributed by atoms with Crippen molar-refractivity contribution >= 4 is 32.1 Å². The summed E-state index contributed by atoms with van der Waals surface area (Å²) in [6.45, 7) is 0. The lowest BCUT2D eigenvalue weighted by molar-refractivity contribution is 1.18. The van der Waals surface area contributed by atoms with E-state index in [9.17, 15) is 0 Å². The molecule has 0 bridgehead atoms. The average Bonchev–Trinajstić information content (AvgIpc) is 2.80. The van der Waals surface area contributed by atoms with E-state index in [2.05, 4.69) is 55.0 Å². The van der Waals surface area contributed by atoms with E-state index in [4.69, 9.17) is 0 Å². The summed E-state index contributed by atoms with van der Waals surface area (Å²) in [5.41, 5.74) is 2.41. The number of halogens is 1. The normalized spacial score (nSPS) is 11.0. The summed E-state index contributed by atoms with van der Waals surface area (Å²) in [4.78, 5) is 5.30. The molecule has 0 spiro atoms. The Morgan fingerprint density at radius 1 is 1.20 bits per heavy atom. The van der Waals surface area contributed by atoms with Crippen LogP contribution >= 0.6 is 27.3 Å². The van der Waals surface area contributed by atoms with Gasteiger partial charge in [0.15, 0.2) is 0 Å². The van der Waals surface area contributed by atoms with Gasteiger partial charge in [-0.25, -0.2) is 4.98 Å². The molecule has 0 atom stereocenters. The Balaban J connectivity index is 2.21. The van der Waals surface area contributed by atoms with Crippen molar-refractivity contribution in [2.45, 2.75) is 0 Å². The van der Waals surface area contributed by atoms with Gasteiger partial charge in [-0.05, 0) is 17.7 Å². The van der Waals surface area contributed by atoms with Crippen molar-refractivity contribution in [3.63, 3.8) is 0 Å². The van der Waals surface area contributed by atoms with Crippen LogP contribution in [-0.4, -0.2) is 9.38 Å². The molecule has 0 radical (unpaired) electrons. The van der Waals surface area contributed by atoms with Gasteiger partial charge in [-0.1, -0.05) is 28.1 Å². The third-order valence-electron chi connectivity index (χ3n) is 2.30. The van der Waals surface area contributed by atoms with Gasteiger partial charge in [0.1, 0.15) is 11.2 Å². The van der Waals surface area contributed by atoms with Gasteiger partial charge in [-0.3, -0.25) is 4.40 Å². The van der Waals surface area contributed by atoms with Gasteiger partial charge in [0.25, 0.3) is 0 Å². The van der Waals surface area contributed by atoms with E-state index in [1.54, 1.807) is 11.3 Å². The number of hydrogen-bond donors (Lipinski definition) is 0. The van der Waals surface area contributed by atoms with Crippen molar-refractivity contribution < 1.29 is 0 Å². The fraction of sp³-hybridized carbons (Fsp3) is 0. The number of hydrogen-bond acceptors (Lipinski definition) is 2. The summed E-state index contributed by atoms with van der Waals surface area (Å²) >= 11 is 5.14. The highest BCUT2D eigenvalue weighted by molar-refractivity contribution is 9.10. The minimum atomic E-state index is 1.10. The van der Waals surface area contributed by atoms with Gasteiger partial charge < -0.3 is 0 Å². The van der Waals surface area contributed by atoms with E-state index < -0.39 is 0 Å². The van der Waals surface area contributed by atoms with Crippen LogP contribution < -0.4 is 0 Å². The monoisotopic (exact) mass is 278 g/mol. The molecule has 4 heteroatoms. The van der Waals surface area contributed by atoms with E-state index in [1.165, 1.54) is 16.1 Å². The number of thiazole rings is 1. The fourth-order valence-corrected chi connectivity index (χ4v) is 2.68. The van der Waals surface area contributed by atoms with Crippen LogP contribution in [0.2, 0.25) is 0 Å². The van der Waals surface area contributed by atoms with Crippen LogP contribution in [-0.2, 0) is 0 Å². The third kappa shape index (κ3) is 1.50. The zero-order valence-corrected chi connectivity index (χ0v) is 10.1. The lowest BCUT2D eigenvalue weighted by atomic mass is 10.2. The first-order valence-corrected chi connectivity index (χ1v) is 6.17. The van der Waals surface area contributed by atoms with E-state index in [0.29, 0.717) is 0 Å². The zero-order chi connectivity index (χ0) is 10.3. The van der Waals surface area contributed by atoms with Crippen LogP contribution in [0.25, 0.3) is 16.1 Å². The van der Waals surface area contributed by atoms with Gasteiger partial charge >= 0.3 is 0 Å². The van der Waals surface area contributed by atoms with Crippen molar-refractivity contribution in [2.24, 2.45) is 0 Å². The molecule has 0 aliphatic carbocycles. The Morgan fingerprint density at radius 2 is 2.00 bits per heavy atom. The Morgan fingerprint density at radius 3 is 2.80 bits per heavy atom. The summed E-state index contributed by atoms with van der Waals surface area (Å²) in [5.74, 6) is 0. The first-order chi connectivity index (χ1) is 7.34. The number of rotatable bonds is 1. The Labute approximate surface area is 99.3 Å². The summed E-state index contributed by atoms with van der Waals surface area (Å²) in [7, 11) is 0. The Kier molecular flexibility index (Phi) is 2.11. The molecular weight excluding hydrogens is 272 g/mol. The second kappa shape index (κ2) is 3.47. The molecule has 0 aliphatic rings. The molecular formula is C11H7BrN2S. The second-order valence-electron chi connectivity index (χ2n) is 3.23. The van der Waals surface area contributed by atoms with E-state index >= 15 is 0 Å². The molecule has 1 aromatic carbocycles. The zero-order valence-electron chi connectivity index (χ0n) is 7.72. The van der Waals surface area contributed by atoms with Crippen molar-refractivity contribution in [1.29, 1.82) is 0 Å². The summed E-state index contributed by atoms with van der Waals surface area (Å²) < 4.78 is 3.21. The lowest BCUT2D eigenvalue weighted by Crippen LogP contribution is -1.82. The summed E-state index contributed by atoms with van der Waals surface area (Å²) in [5, 5.41) is 2.15. The van der Waals surface area contributed by atoms with Crippen LogP contribution in [0.4, 0.5) is 0 Å². The van der Waals surface area contributed by atoms with Crippen LogP contribution in [0.1, 0.15) is 0 Å². The molecule has 0 fully saturated rings. The third-order valence-corrected chi connectivity index (χ3v) is 3.71. The van der Waals surface area contributed by atoms with Crippen LogP contribution in [0.15, 0.2) is 46.6 Å². The smallest absolute Gasteiger partial charge is 0.119 e. The summed E-state index contributed by atoms with van der Waals surface area (Å²) in [6, 6.07) is 8.31. The van der Waals surface area contributed by atoms with Crippen molar-refractivity contribution in [3.8, 4) is 11.3 Å². The lowest BCUT2D eigenvalue weighted by Gasteiger charge is -1.99. The predicted octanol–water partition coefficient (Wildman–Crippen LogP) is 3.83. The molecule has 2 aromatic heterocycles. The standard InChI is InChI=1S/C11H7BrN2S/c12-9-3-1-8(2-4-9)10-6-15-11-5-13-7-14(10)11/h1-7H. The van der Waals surface area contributed by atoms with Crippen molar-refractivity contribution in [2.75, 3.05) is 0 Å². The van der Waals surface area contributed by atoms with Crippen LogP contribution in [0, 0.1) is 0 Å². The molecule has 0 aliphatic heterocycles. The number of fused-ring (bicyclic) bond motifs is 1. The highest BCUT2D eigenvalue weighted by Crippen LogP contribution is 2.26. The number of imidazole rings is 1. The number of nitrogens with zero attached hydrogens (tertiary/aromatic N) is 2. The molecule has 3 aromatic rings. The Hall–Kier alpha value is -1.13.